The minimum atomic E-state index is -0.194. The standard InChI is InChI=1S/C9H15N5O/c10-14-8-11-5-2-7(12-8)13-9(6-15)3-1-4-9/h2,5,15H,1,3-4,6,10H2,(H2,11,12,13,14). The van der Waals surface area contributed by atoms with Gasteiger partial charge < -0.3 is 10.4 Å². The number of aliphatic hydroxyl groups is 1. The summed E-state index contributed by atoms with van der Waals surface area (Å²) in [5, 5.41) is 12.5. The monoisotopic (exact) mass is 209 g/mol. The van der Waals surface area contributed by atoms with Crippen LogP contribution in [0, 0.1) is 0 Å². The van der Waals surface area contributed by atoms with E-state index in [0.29, 0.717) is 11.8 Å². The van der Waals surface area contributed by atoms with Gasteiger partial charge in [-0.3, -0.25) is 5.43 Å². The Bertz CT molecular complexity index is 334. The van der Waals surface area contributed by atoms with Crippen molar-refractivity contribution >= 4 is 11.8 Å². The number of anilines is 2. The maximum Gasteiger partial charge on any atom is 0.239 e. The highest BCUT2D eigenvalue weighted by molar-refractivity contribution is 5.42. The zero-order valence-corrected chi connectivity index (χ0v) is 8.40. The molecular weight excluding hydrogens is 194 g/mol. The second-order valence-corrected chi connectivity index (χ2v) is 3.83. The highest BCUT2D eigenvalue weighted by atomic mass is 16.3. The molecule has 0 amide bonds. The highest BCUT2D eigenvalue weighted by Gasteiger charge is 2.36. The van der Waals surface area contributed by atoms with Crippen molar-refractivity contribution < 1.29 is 5.11 Å². The Morgan fingerprint density at radius 2 is 2.33 bits per heavy atom. The quantitative estimate of drug-likeness (QED) is 0.414. The van der Waals surface area contributed by atoms with E-state index in [1.165, 1.54) is 0 Å². The van der Waals surface area contributed by atoms with Gasteiger partial charge in [-0.05, 0) is 25.3 Å². The lowest BCUT2D eigenvalue weighted by Crippen LogP contribution is -2.48. The second-order valence-electron chi connectivity index (χ2n) is 3.83. The molecule has 15 heavy (non-hydrogen) atoms. The number of nitrogens with zero attached hydrogens (tertiary/aromatic N) is 2. The van der Waals surface area contributed by atoms with Crippen molar-refractivity contribution in [3.8, 4) is 0 Å². The molecule has 2 rings (SSSR count). The van der Waals surface area contributed by atoms with Crippen molar-refractivity contribution in [2.24, 2.45) is 5.84 Å². The molecule has 0 aliphatic heterocycles. The van der Waals surface area contributed by atoms with Gasteiger partial charge in [0.05, 0.1) is 12.1 Å². The van der Waals surface area contributed by atoms with Crippen LogP contribution in [0.2, 0.25) is 0 Å². The summed E-state index contributed by atoms with van der Waals surface area (Å²) in [7, 11) is 0. The van der Waals surface area contributed by atoms with Crippen LogP contribution in [-0.2, 0) is 0 Å². The van der Waals surface area contributed by atoms with E-state index in [1.54, 1.807) is 12.3 Å². The fourth-order valence-corrected chi connectivity index (χ4v) is 1.70. The first kappa shape index (κ1) is 10.1. The Hall–Kier alpha value is -1.40. The predicted octanol–water partition coefficient (Wildman–Crippen LogP) is 0.0891. The summed E-state index contributed by atoms with van der Waals surface area (Å²) in [6.07, 6.45) is 4.70. The second kappa shape index (κ2) is 4.00. The summed E-state index contributed by atoms with van der Waals surface area (Å²) in [6.45, 7) is 0.127. The molecule has 6 nitrogen and oxygen atoms in total. The summed E-state index contributed by atoms with van der Waals surface area (Å²) >= 11 is 0. The molecule has 1 aromatic heterocycles. The highest BCUT2D eigenvalue weighted by Crippen LogP contribution is 2.34. The summed E-state index contributed by atoms with van der Waals surface area (Å²) in [5.41, 5.74) is 2.19. The minimum Gasteiger partial charge on any atom is -0.394 e. The van der Waals surface area contributed by atoms with Crippen LogP contribution in [0.15, 0.2) is 12.3 Å². The van der Waals surface area contributed by atoms with E-state index in [-0.39, 0.29) is 12.1 Å². The molecular formula is C9H15N5O. The van der Waals surface area contributed by atoms with Gasteiger partial charge >= 0.3 is 0 Å². The van der Waals surface area contributed by atoms with Crippen molar-refractivity contribution in [2.45, 2.75) is 24.8 Å². The zero-order valence-electron chi connectivity index (χ0n) is 8.40. The maximum absolute atomic E-state index is 9.28. The fourth-order valence-electron chi connectivity index (χ4n) is 1.70. The van der Waals surface area contributed by atoms with Gasteiger partial charge in [-0.25, -0.2) is 10.8 Å². The Kier molecular flexibility index (Phi) is 2.70. The fraction of sp³-hybridized carbons (Fsp3) is 0.556. The predicted molar refractivity (Wildman–Crippen MR) is 57.1 cm³/mol. The third kappa shape index (κ3) is 2.00. The summed E-state index contributed by atoms with van der Waals surface area (Å²) in [4.78, 5) is 8.04. The smallest absolute Gasteiger partial charge is 0.239 e. The van der Waals surface area contributed by atoms with Crippen molar-refractivity contribution in [1.29, 1.82) is 0 Å². The van der Waals surface area contributed by atoms with Gasteiger partial charge in [0.15, 0.2) is 0 Å². The van der Waals surface area contributed by atoms with E-state index in [4.69, 9.17) is 5.84 Å². The van der Waals surface area contributed by atoms with Crippen molar-refractivity contribution in [3.63, 3.8) is 0 Å². The van der Waals surface area contributed by atoms with E-state index in [9.17, 15) is 5.11 Å². The molecule has 0 spiro atoms. The lowest BCUT2D eigenvalue weighted by molar-refractivity contribution is 0.144. The molecule has 1 heterocycles. The summed E-state index contributed by atoms with van der Waals surface area (Å²) in [6, 6.07) is 1.76. The third-order valence-electron chi connectivity index (χ3n) is 2.79. The molecule has 6 heteroatoms. The molecule has 0 aromatic carbocycles. The number of hydrazine groups is 1. The molecule has 5 N–H and O–H groups in total. The lowest BCUT2D eigenvalue weighted by Gasteiger charge is -2.41. The van der Waals surface area contributed by atoms with E-state index in [0.717, 1.165) is 19.3 Å². The number of hydrogen-bond donors (Lipinski definition) is 4. The van der Waals surface area contributed by atoms with E-state index in [2.05, 4.69) is 20.7 Å². The number of nitrogen functional groups attached to an aromatic ring is 1. The first-order valence-corrected chi connectivity index (χ1v) is 4.97. The lowest BCUT2D eigenvalue weighted by atomic mass is 9.77. The molecule has 1 aromatic rings. The van der Waals surface area contributed by atoms with Gasteiger partial charge in [-0.15, -0.1) is 0 Å². The Morgan fingerprint density at radius 1 is 1.53 bits per heavy atom. The third-order valence-corrected chi connectivity index (χ3v) is 2.79. The molecule has 1 fully saturated rings. The van der Waals surface area contributed by atoms with E-state index >= 15 is 0 Å². The van der Waals surface area contributed by atoms with E-state index < -0.39 is 0 Å². The van der Waals surface area contributed by atoms with Crippen LogP contribution in [0.1, 0.15) is 19.3 Å². The van der Waals surface area contributed by atoms with Crippen molar-refractivity contribution in [2.75, 3.05) is 17.3 Å². The molecule has 0 atom stereocenters. The average molecular weight is 209 g/mol. The van der Waals surface area contributed by atoms with Gasteiger partial charge in [-0.2, -0.15) is 4.98 Å². The SMILES string of the molecule is NNc1nccc(NC2(CO)CCC2)n1. The van der Waals surface area contributed by atoms with Gasteiger partial charge in [0.25, 0.3) is 0 Å². The maximum atomic E-state index is 9.28. The number of aliphatic hydroxyl groups excluding tert-OH is 1. The van der Waals surface area contributed by atoms with Crippen LogP contribution in [0.25, 0.3) is 0 Å². The first-order chi connectivity index (χ1) is 7.28. The summed E-state index contributed by atoms with van der Waals surface area (Å²) in [5.74, 6) is 6.26. The molecule has 0 radical (unpaired) electrons. The zero-order chi connectivity index (χ0) is 10.7. The van der Waals surface area contributed by atoms with Gasteiger partial charge in [-0.1, -0.05) is 0 Å². The van der Waals surface area contributed by atoms with Crippen LogP contribution in [-0.4, -0.2) is 27.2 Å². The number of hydrogen-bond acceptors (Lipinski definition) is 6. The first-order valence-electron chi connectivity index (χ1n) is 4.97. The number of nitrogens with one attached hydrogen (secondary N) is 2. The van der Waals surface area contributed by atoms with E-state index in [1.807, 2.05) is 0 Å². The molecule has 0 unspecified atom stereocenters. The van der Waals surface area contributed by atoms with Crippen LogP contribution >= 0.6 is 0 Å². The van der Waals surface area contributed by atoms with Crippen molar-refractivity contribution in [1.82, 2.24) is 9.97 Å². The van der Waals surface area contributed by atoms with Gasteiger partial charge in [0, 0.05) is 6.20 Å². The van der Waals surface area contributed by atoms with Crippen molar-refractivity contribution in [3.05, 3.63) is 12.3 Å². The molecule has 82 valence electrons. The Morgan fingerprint density at radius 3 is 2.87 bits per heavy atom. The minimum absolute atomic E-state index is 0.127. The van der Waals surface area contributed by atoms with Crippen LogP contribution in [0.4, 0.5) is 11.8 Å². The number of rotatable bonds is 4. The number of aromatic nitrogens is 2. The van der Waals surface area contributed by atoms with Gasteiger partial charge in [0.2, 0.25) is 5.95 Å². The molecule has 1 saturated carbocycles. The molecule has 1 aliphatic carbocycles. The molecule has 1 aliphatic rings. The Labute approximate surface area is 87.9 Å². The van der Waals surface area contributed by atoms with Gasteiger partial charge in [0.1, 0.15) is 5.82 Å². The Balaban J connectivity index is 2.09. The largest absolute Gasteiger partial charge is 0.394 e. The van der Waals surface area contributed by atoms with Crippen LogP contribution < -0.4 is 16.6 Å². The van der Waals surface area contributed by atoms with Crippen LogP contribution in [0.5, 0.6) is 0 Å². The molecule has 0 bridgehead atoms. The summed E-state index contributed by atoms with van der Waals surface area (Å²) < 4.78 is 0. The van der Waals surface area contributed by atoms with Crippen LogP contribution in [0.3, 0.4) is 0 Å². The molecule has 0 saturated heterocycles. The average Bonchev–Trinajstić information content (AvgIpc) is 2.24. The topological polar surface area (TPSA) is 96.1 Å². The number of nitrogens with two attached hydrogens (primary N) is 1. The normalized spacial score (nSPS) is 18.0.